The molecule has 1 rings (SSSR count). The van der Waals surface area contributed by atoms with Crippen LogP contribution in [0.25, 0.3) is 0 Å². The van der Waals surface area contributed by atoms with Gasteiger partial charge in [-0.15, -0.1) is 6.58 Å². The van der Waals surface area contributed by atoms with Crippen LogP contribution >= 0.6 is 0 Å². The first-order chi connectivity index (χ1) is 5.84. The summed E-state index contributed by atoms with van der Waals surface area (Å²) >= 11 is 0. The van der Waals surface area contributed by atoms with Gasteiger partial charge in [0.15, 0.2) is 0 Å². The van der Waals surface area contributed by atoms with Crippen LogP contribution in [-0.2, 0) is 0 Å². The molecule has 1 aliphatic rings. The molecule has 1 heterocycles. The van der Waals surface area contributed by atoms with Crippen LogP contribution in [0, 0.1) is 0 Å². The maximum Gasteiger partial charge on any atom is 0.0163 e. The predicted molar refractivity (Wildman–Crippen MR) is 53.3 cm³/mol. The molecule has 1 aliphatic heterocycles. The Morgan fingerprint density at radius 1 is 1.58 bits per heavy atom. The molecule has 12 heavy (non-hydrogen) atoms. The van der Waals surface area contributed by atoms with Gasteiger partial charge in [-0.05, 0) is 39.4 Å². The first kappa shape index (κ1) is 9.75. The van der Waals surface area contributed by atoms with E-state index in [0.717, 1.165) is 13.1 Å². The van der Waals surface area contributed by atoms with Crippen LogP contribution in [-0.4, -0.2) is 37.1 Å². The van der Waals surface area contributed by atoms with Crippen LogP contribution < -0.4 is 5.32 Å². The van der Waals surface area contributed by atoms with Crippen molar-refractivity contribution in [2.45, 2.75) is 25.8 Å². The SMILES string of the molecule is C=CCN1CCCNCCC1C. The van der Waals surface area contributed by atoms with Crippen molar-refractivity contribution in [3.63, 3.8) is 0 Å². The van der Waals surface area contributed by atoms with E-state index in [4.69, 9.17) is 0 Å². The van der Waals surface area contributed by atoms with Crippen LogP contribution in [0.5, 0.6) is 0 Å². The van der Waals surface area contributed by atoms with Crippen molar-refractivity contribution in [3.05, 3.63) is 12.7 Å². The van der Waals surface area contributed by atoms with E-state index in [9.17, 15) is 0 Å². The van der Waals surface area contributed by atoms with E-state index >= 15 is 0 Å². The Morgan fingerprint density at radius 2 is 2.42 bits per heavy atom. The Hall–Kier alpha value is -0.340. The Kier molecular flexibility index (Phi) is 4.33. The molecule has 1 unspecified atom stereocenters. The minimum Gasteiger partial charge on any atom is -0.317 e. The predicted octanol–water partition coefficient (Wildman–Crippen LogP) is 1.25. The Labute approximate surface area is 75.6 Å². The summed E-state index contributed by atoms with van der Waals surface area (Å²) < 4.78 is 0. The van der Waals surface area contributed by atoms with Gasteiger partial charge < -0.3 is 5.32 Å². The zero-order chi connectivity index (χ0) is 8.81. The van der Waals surface area contributed by atoms with Crippen molar-refractivity contribution in [2.24, 2.45) is 0 Å². The molecule has 1 N–H and O–H groups in total. The molecule has 2 nitrogen and oxygen atoms in total. The second-order valence-corrected chi connectivity index (χ2v) is 3.52. The summed E-state index contributed by atoms with van der Waals surface area (Å²) in [5.41, 5.74) is 0. The van der Waals surface area contributed by atoms with Crippen molar-refractivity contribution in [1.29, 1.82) is 0 Å². The summed E-state index contributed by atoms with van der Waals surface area (Å²) in [5.74, 6) is 0. The standard InChI is InChI=1S/C10H20N2/c1-3-8-12-9-4-6-11-7-5-10(12)2/h3,10-11H,1,4-9H2,2H3. The molecule has 1 atom stereocenters. The van der Waals surface area contributed by atoms with Crippen LogP contribution in [0.4, 0.5) is 0 Å². The first-order valence-electron chi connectivity index (χ1n) is 4.90. The fraction of sp³-hybridized carbons (Fsp3) is 0.800. The normalized spacial score (nSPS) is 27.6. The second-order valence-electron chi connectivity index (χ2n) is 3.52. The van der Waals surface area contributed by atoms with E-state index in [-0.39, 0.29) is 0 Å². The quantitative estimate of drug-likeness (QED) is 0.624. The minimum absolute atomic E-state index is 0.704. The number of nitrogens with one attached hydrogen (secondary N) is 1. The molecular formula is C10H20N2. The molecule has 0 radical (unpaired) electrons. The molecular weight excluding hydrogens is 148 g/mol. The summed E-state index contributed by atoms with van der Waals surface area (Å²) in [6.07, 6.45) is 4.53. The number of hydrogen-bond acceptors (Lipinski definition) is 2. The van der Waals surface area contributed by atoms with Crippen LogP contribution in [0.3, 0.4) is 0 Å². The van der Waals surface area contributed by atoms with Gasteiger partial charge in [-0.3, -0.25) is 4.90 Å². The molecule has 0 spiro atoms. The van der Waals surface area contributed by atoms with E-state index in [1.807, 2.05) is 6.08 Å². The van der Waals surface area contributed by atoms with Gasteiger partial charge >= 0.3 is 0 Å². The average molecular weight is 168 g/mol. The zero-order valence-electron chi connectivity index (χ0n) is 8.05. The summed E-state index contributed by atoms with van der Waals surface area (Å²) in [5, 5.41) is 3.43. The topological polar surface area (TPSA) is 15.3 Å². The zero-order valence-corrected chi connectivity index (χ0v) is 8.05. The van der Waals surface area contributed by atoms with Crippen molar-refractivity contribution >= 4 is 0 Å². The lowest BCUT2D eigenvalue weighted by Gasteiger charge is -2.30. The second kappa shape index (κ2) is 5.33. The van der Waals surface area contributed by atoms with E-state index in [0.29, 0.717) is 6.04 Å². The van der Waals surface area contributed by atoms with Gasteiger partial charge in [0, 0.05) is 12.6 Å². The largest absolute Gasteiger partial charge is 0.317 e. The Morgan fingerprint density at radius 3 is 3.17 bits per heavy atom. The van der Waals surface area contributed by atoms with Crippen LogP contribution in [0.1, 0.15) is 19.8 Å². The lowest BCUT2D eigenvalue weighted by atomic mass is 10.1. The van der Waals surface area contributed by atoms with Crippen molar-refractivity contribution in [1.82, 2.24) is 10.2 Å². The monoisotopic (exact) mass is 168 g/mol. The summed E-state index contributed by atoms with van der Waals surface area (Å²) in [4.78, 5) is 2.51. The molecule has 0 bridgehead atoms. The molecule has 0 aromatic rings. The fourth-order valence-corrected chi connectivity index (χ4v) is 1.68. The van der Waals surface area contributed by atoms with Gasteiger partial charge in [-0.1, -0.05) is 6.08 Å². The highest BCUT2D eigenvalue weighted by Crippen LogP contribution is 2.06. The third-order valence-corrected chi connectivity index (χ3v) is 2.52. The number of hydrogen-bond donors (Lipinski definition) is 1. The van der Waals surface area contributed by atoms with E-state index in [1.165, 1.54) is 25.9 Å². The molecule has 0 aromatic heterocycles. The highest BCUT2D eigenvalue weighted by molar-refractivity contribution is 4.79. The van der Waals surface area contributed by atoms with Gasteiger partial charge in [-0.2, -0.15) is 0 Å². The Balaban J connectivity index is 2.37. The molecule has 0 saturated carbocycles. The average Bonchev–Trinajstić information content (AvgIpc) is 2.05. The number of rotatable bonds is 2. The highest BCUT2D eigenvalue weighted by atomic mass is 15.2. The third-order valence-electron chi connectivity index (χ3n) is 2.52. The lowest BCUT2D eigenvalue weighted by Crippen LogP contribution is -2.39. The van der Waals surface area contributed by atoms with Gasteiger partial charge in [0.1, 0.15) is 0 Å². The van der Waals surface area contributed by atoms with Crippen LogP contribution in [0.2, 0.25) is 0 Å². The van der Waals surface area contributed by atoms with Crippen LogP contribution in [0.15, 0.2) is 12.7 Å². The summed E-state index contributed by atoms with van der Waals surface area (Å²) in [6, 6.07) is 0.704. The fourth-order valence-electron chi connectivity index (χ4n) is 1.68. The van der Waals surface area contributed by atoms with Gasteiger partial charge in [0.05, 0.1) is 0 Å². The Bertz CT molecular complexity index is 134. The van der Waals surface area contributed by atoms with Gasteiger partial charge in [0.2, 0.25) is 0 Å². The molecule has 0 amide bonds. The molecule has 1 saturated heterocycles. The van der Waals surface area contributed by atoms with Gasteiger partial charge in [0.25, 0.3) is 0 Å². The minimum atomic E-state index is 0.704. The van der Waals surface area contributed by atoms with E-state index in [2.05, 4.69) is 23.7 Å². The maximum atomic E-state index is 3.79. The summed E-state index contributed by atoms with van der Waals surface area (Å²) in [6.45, 7) is 10.7. The first-order valence-corrected chi connectivity index (χ1v) is 4.90. The smallest absolute Gasteiger partial charge is 0.0163 e. The summed E-state index contributed by atoms with van der Waals surface area (Å²) in [7, 11) is 0. The molecule has 0 aliphatic carbocycles. The molecule has 2 heteroatoms. The van der Waals surface area contributed by atoms with E-state index < -0.39 is 0 Å². The van der Waals surface area contributed by atoms with Crippen molar-refractivity contribution in [2.75, 3.05) is 26.2 Å². The van der Waals surface area contributed by atoms with E-state index in [1.54, 1.807) is 0 Å². The lowest BCUT2D eigenvalue weighted by molar-refractivity contribution is 0.205. The third kappa shape index (κ3) is 2.95. The molecule has 70 valence electrons. The number of nitrogens with zero attached hydrogens (tertiary/aromatic N) is 1. The van der Waals surface area contributed by atoms with Gasteiger partial charge in [-0.25, -0.2) is 0 Å². The van der Waals surface area contributed by atoms with Crippen molar-refractivity contribution < 1.29 is 0 Å². The molecule has 1 fully saturated rings. The molecule has 0 aromatic carbocycles. The van der Waals surface area contributed by atoms with Crippen molar-refractivity contribution in [3.8, 4) is 0 Å². The highest BCUT2D eigenvalue weighted by Gasteiger charge is 2.13. The maximum absolute atomic E-state index is 3.79.